The number of ether oxygens (including phenoxy) is 1. The van der Waals surface area contributed by atoms with Gasteiger partial charge in [-0.2, -0.15) is 0 Å². The lowest BCUT2D eigenvalue weighted by Crippen LogP contribution is -2.60. The average Bonchev–Trinajstić information content (AvgIpc) is 2.80. The Balaban J connectivity index is 1.40. The normalized spacial score (nSPS) is 30.2. The van der Waals surface area contributed by atoms with Crippen LogP contribution in [0.4, 0.5) is 17.3 Å². The number of rotatable bonds is 8. The van der Waals surface area contributed by atoms with Crippen LogP contribution in [0, 0.1) is 22.7 Å². The summed E-state index contributed by atoms with van der Waals surface area (Å²) in [7, 11) is 0. The van der Waals surface area contributed by atoms with E-state index in [1.807, 2.05) is 0 Å². The van der Waals surface area contributed by atoms with E-state index < -0.39 is 5.91 Å². The number of carbonyl (C=O) groups is 1. The zero-order valence-electron chi connectivity index (χ0n) is 17.7. The second-order valence-corrected chi connectivity index (χ2v) is 9.19. The number of hydrogen-bond donors (Lipinski definition) is 3. The summed E-state index contributed by atoms with van der Waals surface area (Å²) in [6.45, 7) is 1.13. The van der Waals surface area contributed by atoms with Crippen LogP contribution in [0.2, 0.25) is 0 Å². The summed E-state index contributed by atoms with van der Waals surface area (Å²) in [5.41, 5.74) is 6.36. The van der Waals surface area contributed by atoms with E-state index in [0.717, 1.165) is 32.1 Å². The van der Waals surface area contributed by atoms with Crippen molar-refractivity contribution in [2.24, 2.45) is 28.7 Å². The van der Waals surface area contributed by atoms with Crippen LogP contribution in [0.25, 0.3) is 0 Å². The molecule has 1 amide bonds. The van der Waals surface area contributed by atoms with Crippen LogP contribution in [-0.2, 0) is 4.74 Å². The van der Waals surface area contributed by atoms with E-state index in [1.54, 1.807) is 24.7 Å². The molecular weight excluding hydrogens is 410 g/mol. The summed E-state index contributed by atoms with van der Waals surface area (Å²) in [4.78, 5) is 35.7. The van der Waals surface area contributed by atoms with Crippen LogP contribution in [0.1, 0.15) is 42.5 Å². The van der Waals surface area contributed by atoms with E-state index in [2.05, 4.69) is 30.8 Å². The predicted octanol–water partition coefficient (Wildman–Crippen LogP) is 2.86. The molecule has 2 heterocycles. The summed E-state index contributed by atoms with van der Waals surface area (Å²) in [6.07, 6.45) is 11.5. The Labute approximate surface area is 185 Å². The van der Waals surface area contributed by atoms with Gasteiger partial charge in [0.2, 0.25) is 0 Å². The second-order valence-electron chi connectivity index (χ2n) is 9.19. The summed E-state index contributed by atoms with van der Waals surface area (Å²) in [6, 6.07) is 1.94. The van der Waals surface area contributed by atoms with Crippen molar-refractivity contribution in [2.75, 3.05) is 23.8 Å². The third-order valence-electron chi connectivity index (χ3n) is 7.10. The highest BCUT2D eigenvalue weighted by Crippen LogP contribution is 2.57. The lowest BCUT2D eigenvalue weighted by Gasteiger charge is -2.59. The zero-order chi connectivity index (χ0) is 22.1. The molecular formula is C22H27N7O3. The van der Waals surface area contributed by atoms with Gasteiger partial charge in [0.05, 0.1) is 29.7 Å². The third-order valence-corrected chi connectivity index (χ3v) is 7.10. The third kappa shape index (κ3) is 3.95. The van der Waals surface area contributed by atoms with Gasteiger partial charge in [0.25, 0.3) is 0 Å². The monoisotopic (exact) mass is 437 g/mol. The number of aromatic nitrogens is 3. The van der Waals surface area contributed by atoms with E-state index in [9.17, 15) is 9.70 Å². The molecule has 4 N–H and O–H groups in total. The van der Waals surface area contributed by atoms with E-state index in [-0.39, 0.29) is 17.2 Å². The molecule has 4 aliphatic carbocycles. The molecule has 4 fully saturated rings. The van der Waals surface area contributed by atoms with E-state index in [0.29, 0.717) is 48.2 Å². The Morgan fingerprint density at radius 2 is 1.97 bits per heavy atom. The number of hydrogen-bond acceptors (Lipinski definition) is 9. The van der Waals surface area contributed by atoms with Crippen LogP contribution in [-0.4, -0.2) is 45.7 Å². The number of nitrogens with one attached hydrogen (secondary N) is 2. The highest BCUT2D eigenvalue weighted by molar-refractivity contribution is 6.00. The topological polar surface area (TPSA) is 144 Å². The quantitative estimate of drug-likeness (QED) is 0.531. The highest BCUT2D eigenvalue weighted by Gasteiger charge is 2.56. The van der Waals surface area contributed by atoms with Crippen LogP contribution in [0.5, 0.6) is 0 Å². The molecule has 10 nitrogen and oxygen atoms in total. The maximum atomic E-state index is 12.2. The second kappa shape index (κ2) is 8.51. The molecule has 4 aliphatic rings. The SMILES string of the molecule is NCCOC12CC3C[C@H](C1)[C@@H](Nc1cc(Nc4cnccn4)ncc1C(=O)N=O)[C@@H](C3)C2. The molecule has 10 heteroatoms. The summed E-state index contributed by atoms with van der Waals surface area (Å²) >= 11 is 0. The maximum Gasteiger partial charge on any atom is 0.320 e. The van der Waals surface area contributed by atoms with Crippen LogP contribution in [0.15, 0.2) is 36.0 Å². The summed E-state index contributed by atoms with van der Waals surface area (Å²) in [5, 5.41) is 9.29. The number of amides is 1. The van der Waals surface area contributed by atoms with Gasteiger partial charge in [-0.15, -0.1) is 4.91 Å². The lowest BCUT2D eigenvalue weighted by atomic mass is 9.52. The predicted molar refractivity (Wildman–Crippen MR) is 118 cm³/mol. The minimum Gasteiger partial charge on any atom is -0.381 e. The van der Waals surface area contributed by atoms with E-state index in [1.165, 1.54) is 6.20 Å². The lowest BCUT2D eigenvalue weighted by molar-refractivity contribution is -0.164. The fourth-order valence-electron chi connectivity index (χ4n) is 6.17. The van der Waals surface area contributed by atoms with Crippen molar-refractivity contribution in [1.29, 1.82) is 0 Å². The highest BCUT2D eigenvalue weighted by atomic mass is 16.5. The van der Waals surface area contributed by atoms with Gasteiger partial charge in [-0.05, 0) is 49.9 Å². The molecule has 4 saturated carbocycles. The van der Waals surface area contributed by atoms with Gasteiger partial charge in [0.1, 0.15) is 11.6 Å². The molecule has 32 heavy (non-hydrogen) atoms. The number of nitrogens with zero attached hydrogens (tertiary/aromatic N) is 4. The Morgan fingerprint density at radius 3 is 2.66 bits per heavy atom. The first kappa shape index (κ1) is 20.9. The van der Waals surface area contributed by atoms with Crippen LogP contribution in [0.3, 0.4) is 0 Å². The van der Waals surface area contributed by atoms with Gasteiger partial charge in [-0.3, -0.25) is 9.78 Å². The van der Waals surface area contributed by atoms with Crippen molar-refractivity contribution in [3.8, 4) is 0 Å². The van der Waals surface area contributed by atoms with Gasteiger partial charge in [0.15, 0.2) is 0 Å². The molecule has 6 rings (SSSR count). The molecule has 0 aromatic carbocycles. The molecule has 0 radical (unpaired) electrons. The van der Waals surface area contributed by atoms with Gasteiger partial charge in [-0.25, -0.2) is 9.97 Å². The largest absolute Gasteiger partial charge is 0.381 e. The molecule has 2 unspecified atom stereocenters. The molecule has 0 aliphatic heterocycles. The molecule has 2 aromatic heterocycles. The molecule has 5 atom stereocenters. The molecule has 0 spiro atoms. The van der Waals surface area contributed by atoms with Crippen molar-refractivity contribution >= 4 is 23.2 Å². The number of carbonyl (C=O) groups excluding carboxylic acids is 1. The van der Waals surface area contributed by atoms with Crippen LogP contribution < -0.4 is 16.4 Å². The number of nitroso groups, excluding NO2 is 1. The van der Waals surface area contributed by atoms with Gasteiger partial charge in [-0.1, -0.05) is 0 Å². The Hall–Kier alpha value is -2.98. The summed E-state index contributed by atoms with van der Waals surface area (Å²) in [5.74, 6) is 1.76. The van der Waals surface area contributed by atoms with Gasteiger partial charge >= 0.3 is 5.91 Å². The van der Waals surface area contributed by atoms with Crippen molar-refractivity contribution < 1.29 is 9.53 Å². The van der Waals surface area contributed by atoms with E-state index in [4.69, 9.17) is 10.5 Å². The Kier molecular flexibility index (Phi) is 5.56. The van der Waals surface area contributed by atoms with Gasteiger partial charge in [0, 0.05) is 42.4 Å². The van der Waals surface area contributed by atoms with Crippen molar-refractivity contribution in [1.82, 2.24) is 15.0 Å². The molecule has 2 aromatic rings. The van der Waals surface area contributed by atoms with Crippen molar-refractivity contribution in [2.45, 2.75) is 43.7 Å². The first-order chi connectivity index (χ1) is 15.6. The van der Waals surface area contributed by atoms with Crippen molar-refractivity contribution in [3.63, 3.8) is 0 Å². The summed E-state index contributed by atoms with van der Waals surface area (Å²) < 4.78 is 6.26. The Morgan fingerprint density at radius 1 is 1.16 bits per heavy atom. The van der Waals surface area contributed by atoms with Crippen molar-refractivity contribution in [3.05, 3.63) is 41.3 Å². The number of pyridine rings is 1. The maximum absolute atomic E-state index is 12.2. The Bertz CT molecular complexity index is 986. The minimum absolute atomic E-state index is 0.0615. The first-order valence-corrected chi connectivity index (χ1v) is 11.1. The first-order valence-electron chi connectivity index (χ1n) is 11.1. The number of nitrogens with two attached hydrogens (primary N) is 1. The number of anilines is 3. The van der Waals surface area contributed by atoms with Gasteiger partial charge < -0.3 is 21.1 Å². The standard InChI is InChI=1S/C22H27N7O3/c23-1-4-32-22-8-13-5-14(9-22)20(15(6-13)10-22)27-17-7-18(26-11-16(17)21(30)29-31)28-19-12-24-2-3-25-19/h2-3,7,11-15,20H,1,4-6,8-10,23H2,(H2,25,26,27,28)/t13?,14-,15+,20-,22?. The smallest absolute Gasteiger partial charge is 0.320 e. The van der Waals surface area contributed by atoms with E-state index >= 15 is 0 Å². The zero-order valence-corrected chi connectivity index (χ0v) is 17.7. The molecule has 168 valence electrons. The fourth-order valence-corrected chi connectivity index (χ4v) is 6.17. The average molecular weight is 438 g/mol. The fraction of sp³-hybridized carbons (Fsp3) is 0.545. The van der Waals surface area contributed by atoms with Crippen LogP contribution >= 0.6 is 0 Å². The molecule has 0 saturated heterocycles. The minimum atomic E-state index is -0.836. The molecule has 4 bridgehead atoms.